The summed E-state index contributed by atoms with van der Waals surface area (Å²) in [4.78, 5) is 0. The van der Waals surface area contributed by atoms with Crippen LogP contribution in [0.25, 0.3) is 33.0 Å². The summed E-state index contributed by atoms with van der Waals surface area (Å²) in [5.41, 5.74) is 14.5. The molecule has 7 rings (SSSR count). The second-order valence-corrected chi connectivity index (χ2v) is 21.2. The molecule has 0 aromatic heterocycles. The van der Waals surface area contributed by atoms with Crippen LogP contribution in [0.2, 0.25) is 13.1 Å². The molecule has 0 spiro atoms. The first kappa shape index (κ1) is 35.4. The number of fused-ring (bicyclic) bond motifs is 3. The summed E-state index contributed by atoms with van der Waals surface area (Å²) in [7, 11) is 0. The van der Waals surface area contributed by atoms with Crippen molar-refractivity contribution in [2.75, 3.05) is 0 Å². The van der Waals surface area contributed by atoms with Gasteiger partial charge in [-0.3, -0.25) is 0 Å². The summed E-state index contributed by atoms with van der Waals surface area (Å²) in [5.74, 6) is 0.584. The van der Waals surface area contributed by atoms with Crippen LogP contribution < -0.4 is 24.8 Å². The van der Waals surface area contributed by atoms with Crippen LogP contribution in [0.5, 0.6) is 0 Å². The van der Waals surface area contributed by atoms with Gasteiger partial charge in [-0.25, -0.2) is 0 Å². The third-order valence-corrected chi connectivity index (χ3v) is 7.88. The number of allylic oxidation sites excluding steroid dienone is 1. The minimum Gasteiger partial charge on any atom is -1.00 e. The second-order valence-electron chi connectivity index (χ2n) is 11.8. The number of aryl methyl sites for hydroxylation is 1. The van der Waals surface area contributed by atoms with Gasteiger partial charge in [-0.1, -0.05) is 116 Å². The summed E-state index contributed by atoms with van der Waals surface area (Å²) < 4.78 is 0. The predicted molar refractivity (Wildman–Crippen MR) is 176 cm³/mol. The number of rotatable bonds is 3. The first-order valence-electron chi connectivity index (χ1n) is 14.9. The minimum absolute atomic E-state index is 0. The molecule has 0 saturated carbocycles. The smallest absolute Gasteiger partial charge is 1.00 e. The number of benzene rings is 4. The predicted octanol–water partition coefficient (Wildman–Crippen LogP) is 4.64. The Bertz CT molecular complexity index is 1690. The first-order valence-corrected chi connectivity index (χ1v) is 21.1. The zero-order valence-electron chi connectivity index (χ0n) is 25.9. The topological polar surface area (TPSA) is 0 Å². The first-order chi connectivity index (χ1) is 19.8. The molecule has 0 unspecified atom stereocenters. The summed E-state index contributed by atoms with van der Waals surface area (Å²) in [6.07, 6.45) is 8.42. The van der Waals surface area contributed by atoms with Crippen molar-refractivity contribution < 1.29 is 48.1 Å². The van der Waals surface area contributed by atoms with Crippen molar-refractivity contribution in [1.29, 1.82) is 0 Å². The third kappa shape index (κ3) is 8.55. The fourth-order valence-corrected chi connectivity index (χ4v) is 6.04. The molecule has 43 heavy (non-hydrogen) atoms. The van der Waals surface area contributed by atoms with Crippen LogP contribution >= 0.6 is 0 Å². The van der Waals surface area contributed by atoms with E-state index in [-0.39, 0.29) is 30.2 Å². The second kappa shape index (κ2) is 16.3. The Balaban J connectivity index is 0.000000202. The van der Waals surface area contributed by atoms with Gasteiger partial charge in [0.2, 0.25) is 0 Å². The van der Waals surface area contributed by atoms with E-state index in [1.165, 1.54) is 74.6 Å². The number of hydrogen-bond donors (Lipinski definition) is 0. The Kier molecular flexibility index (Phi) is 13.4. The van der Waals surface area contributed by atoms with Crippen molar-refractivity contribution in [2.24, 2.45) is 0 Å². The molecule has 2 aliphatic carbocycles. The standard InChI is InChI=1S/C19H17.C18H17.C2H6Si.2ClH.Zr/c1-13-10-16-12-15-8-5-9-17(15)19(18(16)11-13)14-6-3-2-4-7-14;1-13(2)16-11-15-9-6-10-17(18(15)12-16)14-7-4-3-5-8-14;1-3-2;;;/h2-4,6-7,12H,5,8-9,11H2,1H3;3-13H,1-2H3;1-2H3;2*1H;/q2*-1;;;;+2/p-2. The van der Waals surface area contributed by atoms with Crippen molar-refractivity contribution >= 4 is 16.2 Å². The molecule has 0 heterocycles. The molecule has 0 atom stereocenters. The average molecular weight is 699 g/mol. The van der Waals surface area contributed by atoms with Crippen LogP contribution in [-0.2, 0) is 42.6 Å². The molecule has 0 nitrogen and oxygen atoms in total. The maximum absolute atomic E-state index is 3.55. The van der Waals surface area contributed by atoms with E-state index in [0.717, 1.165) is 6.42 Å². The largest absolute Gasteiger partial charge is 1.00 e. The van der Waals surface area contributed by atoms with Crippen LogP contribution in [0, 0.1) is 6.08 Å². The van der Waals surface area contributed by atoms with Crippen molar-refractivity contribution in [2.45, 2.75) is 65.5 Å². The average Bonchev–Trinajstić information content (AvgIpc) is 3.70. The molecular formula is C39H40Cl2SiZr-2. The van der Waals surface area contributed by atoms with Crippen LogP contribution in [0.3, 0.4) is 0 Å². The van der Waals surface area contributed by atoms with E-state index in [4.69, 9.17) is 0 Å². The molecule has 4 heteroatoms. The summed E-state index contributed by atoms with van der Waals surface area (Å²) in [6.45, 7) is 11.3. The van der Waals surface area contributed by atoms with Gasteiger partial charge in [0.25, 0.3) is 0 Å². The van der Waals surface area contributed by atoms with E-state index in [1.807, 2.05) is 0 Å². The fraction of sp³-hybridized carbons (Fsp3) is 0.256. The maximum Gasteiger partial charge on any atom is -1.00 e. The van der Waals surface area contributed by atoms with Gasteiger partial charge in [-0.05, 0) is 36.3 Å². The van der Waals surface area contributed by atoms with Crippen LogP contribution in [0.1, 0.15) is 60.9 Å². The quantitative estimate of drug-likeness (QED) is 0.191. The van der Waals surface area contributed by atoms with Gasteiger partial charge < -0.3 is 24.8 Å². The zero-order chi connectivity index (χ0) is 28.9. The molecule has 5 aromatic carbocycles. The number of halogens is 2. The van der Waals surface area contributed by atoms with Gasteiger partial charge >= 0.3 is 41.9 Å². The van der Waals surface area contributed by atoms with Crippen LogP contribution in [0.4, 0.5) is 0 Å². The SMILES string of the molecule is CC(C)c1cc2c(-c3ccccc3)cccc2[cH-]1.CC1=[C-]c2cc3c(c(-c4ccccc4)c2C1)CCC3.C[Si](C)=[Zr+2].[Cl-].[Cl-]. The van der Waals surface area contributed by atoms with E-state index >= 15 is 0 Å². The van der Waals surface area contributed by atoms with E-state index < -0.39 is 0 Å². The van der Waals surface area contributed by atoms with Gasteiger partial charge in [-0.2, -0.15) is 23.8 Å². The molecule has 0 saturated heterocycles. The normalized spacial score (nSPS) is 12.5. The minimum atomic E-state index is 0. The molecule has 0 N–H and O–H groups in total. The summed E-state index contributed by atoms with van der Waals surface area (Å²) in [6, 6.07) is 35.1. The number of hydrogen-bond acceptors (Lipinski definition) is 0. The summed E-state index contributed by atoms with van der Waals surface area (Å²) >= 11 is 1.74. The van der Waals surface area contributed by atoms with Crippen molar-refractivity contribution in [1.82, 2.24) is 0 Å². The Labute approximate surface area is 286 Å². The molecule has 0 fully saturated rings. The fourth-order valence-electron chi connectivity index (χ4n) is 6.04. The van der Waals surface area contributed by atoms with Gasteiger partial charge in [-0.15, -0.1) is 45.7 Å². The van der Waals surface area contributed by atoms with Crippen molar-refractivity contribution in [3.05, 3.63) is 137 Å². The monoisotopic (exact) mass is 696 g/mol. The van der Waals surface area contributed by atoms with E-state index in [9.17, 15) is 0 Å². The maximum atomic E-state index is 3.55. The molecule has 0 bridgehead atoms. The molecule has 0 amide bonds. The summed E-state index contributed by atoms with van der Waals surface area (Å²) in [5, 5.41) is 2.72. The third-order valence-electron chi connectivity index (χ3n) is 7.88. The Morgan fingerprint density at radius 3 is 2.05 bits per heavy atom. The van der Waals surface area contributed by atoms with E-state index in [1.54, 1.807) is 34.5 Å². The van der Waals surface area contributed by atoms with Gasteiger partial charge in [0.05, 0.1) is 0 Å². The van der Waals surface area contributed by atoms with Gasteiger partial charge in [0, 0.05) is 0 Å². The molecule has 0 aliphatic heterocycles. The van der Waals surface area contributed by atoms with Crippen LogP contribution in [-0.4, -0.2) is 5.43 Å². The molecule has 5 aromatic rings. The Morgan fingerprint density at radius 2 is 1.42 bits per heavy atom. The molecule has 220 valence electrons. The molecule has 2 aliphatic rings. The van der Waals surface area contributed by atoms with E-state index in [2.05, 4.69) is 137 Å². The Hall–Kier alpha value is -2.09. The van der Waals surface area contributed by atoms with Gasteiger partial charge in [0.1, 0.15) is 0 Å². The van der Waals surface area contributed by atoms with E-state index in [0.29, 0.717) is 5.92 Å². The van der Waals surface area contributed by atoms with Gasteiger partial charge in [0.15, 0.2) is 0 Å². The van der Waals surface area contributed by atoms with Crippen LogP contribution in [0.15, 0.2) is 103 Å². The Morgan fingerprint density at radius 1 is 0.791 bits per heavy atom. The van der Waals surface area contributed by atoms with Crippen molar-refractivity contribution in [3.8, 4) is 22.3 Å². The zero-order valence-corrected chi connectivity index (χ0v) is 30.9. The molecular weight excluding hydrogens is 659 g/mol. The van der Waals surface area contributed by atoms with Crippen molar-refractivity contribution in [3.63, 3.8) is 0 Å². The molecule has 0 radical (unpaired) electrons.